The second-order valence-corrected chi connectivity index (χ2v) is 4.18. The first kappa shape index (κ1) is 13.7. The Kier molecular flexibility index (Phi) is 4.10. The summed E-state index contributed by atoms with van der Waals surface area (Å²) >= 11 is 0. The molecule has 0 spiro atoms. The molecule has 5 nitrogen and oxygen atoms in total. The van der Waals surface area contributed by atoms with Crippen molar-refractivity contribution in [1.29, 1.82) is 0 Å². The van der Waals surface area contributed by atoms with E-state index in [-0.39, 0.29) is 18.0 Å². The lowest BCUT2D eigenvalue weighted by Gasteiger charge is -2.12. The maximum Gasteiger partial charge on any atom is 0.339 e. The number of aromatic hydroxyl groups is 2. The molecule has 0 fully saturated rings. The zero-order valence-corrected chi connectivity index (χ0v) is 11.0. The quantitative estimate of drug-likeness (QED) is 0.589. The number of carbonyl (C=O) groups excluding carboxylic acids is 1. The fourth-order valence-corrected chi connectivity index (χ4v) is 1.84. The predicted molar refractivity (Wildman–Crippen MR) is 74.9 cm³/mol. The van der Waals surface area contributed by atoms with Crippen LogP contribution in [0.1, 0.15) is 15.9 Å². The fourth-order valence-electron chi connectivity index (χ4n) is 1.84. The van der Waals surface area contributed by atoms with Gasteiger partial charge in [-0.1, -0.05) is 24.3 Å². The highest BCUT2D eigenvalue weighted by Crippen LogP contribution is 2.29. The van der Waals surface area contributed by atoms with Gasteiger partial charge < -0.3 is 20.3 Å². The van der Waals surface area contributed by atoms with Crippen molar-refractivity contribution in [2.75, 3.05) is 12.4 Å². The molecular weight excluding hydrogens is 258 g/mol. The SMILES string of the molecule is COC(=O)c1ccccc1NCc1cccc(O)c1O. The zero-order valence-electron chi connectivity index (χ0n) is 11.0. The molecule has 0 radical (unpaired) electrons. The number of para-hydroxylation sites is 2. The third kappa shape index (κ3) is 2.83. The van der Waals surface area contributed by atoms with Crippen LogP contribution in [0, 0.1) is 0 Å². The maximum absolute atomic E-state index is 11.6. The van der Waals surface area contributed by atoms with E-state index in [1.54, 1.807) is 36.4 Å². The van der Waals surface area contributed by atoms with Crippen LogP contribution in [0.3, 0.4) is 0 Å². The van der Waals surface area contributed by atoms with Crippen LogP contribution in [-0.4, -0.2) is 23.3 Å². The molecule has 104 valence electrons. The molecule has 5 heteroatoms. The van der Waals surface area contributed by atoms with Gasteiger partial charge in [0.15, 0.2) is 11.5 Å². The number of hydrogen-bond donors (Lipinski definition) is 3. The summed E-state index contributed by atoms with van der Waals surface area (Å²) in [6.07, 6.45) is 0. The van der Waals surface area contributed by atoms with Crippen LogP contribution in [0.4, 0.5) is 5.69 Å². The molecule has 0 amide bonds. The molecule has 0 bridgehead atoms. The first-order valence-electron chi connectivity index (χ1n) is 6.04. The highest BCUT2D eigenvalue weighted by atomic mass is 16.5. The summed E-state index contributed by atoms with van der Waals surface area (Å²) in [5.41, 5.74) is 1.54. The van der Waals surface area contributed by atoms with Crippen LogP contribution < -0.4 is 5.32 Å². The Labute approximate surface area is 116 Å². The van der Waals surface area contributed by atoms with Gasteiger partial charge in [-0.2, -0.15) is 0 Å². The first-order valence-corrected chi connectivity index (χ1v) is 6.04. The van der Waals surface area contributed by atoms with Crippen molar-refractivity contribution in [3.05, 3.63) is 53.6 Å². The van der Waals surface area contributed by atoms with Crippen molar-refractivity contribution in [1.82, 2.24) is 0 Å². The summed E-state index contributed by atoms with van der Waals surface area (Å²) in [6, 6.07) is 11.6. The van der Waals surface area contributed by atoms with E-state index >= 15 is 0 Å². The minimum atomic E-state index is -0.437. The third-order valence-corrected chi connectivity index (χ3v) is 2.90. The van der Waals surface area contributed by atoms with Crippen LogP contribution in [0.15, 0.2) is 42.5 Å². The van der Waals surface area contributed by atoms with Crippen molar-refractivity contribution in [3.63, 3.8) is 0 Å². The van der Waals surface area contributed by atoms with Crippen molar-refractivity contribution in [3.8, 4) is 11.5 Å². The largest absolute Gasteiger partial charge is 0.504 e. The molecule has 2 rings (SSSR count). The number of benzene rings is 2. The third-order valence-electron chi connectivity index (χ3n) is 2.90. The van der Waals surface area contributed by atoms with E-state index in [1.165, 1.54) is 13.2 Å². The van der Waals surface area contributed by atoms with Gasteiger partial charge in [-0.15, -0.1) is 0 Å². The number of carbonyl (C=O) groups is 1. The molecular formula is C15H15NO4. The van der Waals surface area contributed by atoms with Gasteiger partial charge in [0.1, 0.15) is 0 Å². The number of methoxy groups -OCH3 is 1. The van der Waals surface area contributed by atoms with Crippen LogP contribution in [0.2, 0.25) is 0 Å². The summed E-state index contributed by atoms with van der Waals surface area (Å²) in [5, 5.41) is 22.2. The van der Waals surface area contributed by atoms with Crippen molar-refractivity contribution >= 4 is 11.7 Å². The zero-order chi connectivity index (χ0) is 14.5. The van der Waals surface area contributed by atoms with E-state index in [0.717, 1.165) is 0 Å². The highest BCUT2D eigenvalue weighted by molar-refractivity contribution is 5.95. The molecule has 2 aromatic rings. The molecule has 0 saturated carbocycles. The highest BCUT2D eigenvalue weighted by Gasteiger charge is 2.11. The van der Waals surface area contributed by atoms with E-state index in [0.29, 0.717) is 16.8 Å². The number of anilines is 1. The molecule has 0 saturated heterocycles. The molecule has 0 aliphatic rings. The van der Waals surface area contributed by atoms with E-state index in [9.17, 15) is 15.0 Å². The number of phenols is 2. The minimum absolute atomic E-state index is 0.171. The summed E-state index contributed by atoms with van der Waals surface area (Å²) < 4.78 is 4.70. The van der Waals surface area contributed by atoms with Gasteiger partial charge in [-0.3, -0.25) is 0 Å². The molecule has 0 aliphatic heterocycles. The topological polar surface area (TPSA) is 78.8 Å². The summed E-state index contributed by atoms with van der Waals surface area (Å²) in [7, 11) is 1.32. The molecule has 2 aromatic carbocycles. The number of esters is 1. The first-order chi connectivity index (χ1) is 9.63. The van der Waals surface area contributed by atoms with Crippen LogP contribution in [-0.2, 0) is 11.3 Å². The van der Waals surface area contributed by atoms with Gasteiger partial charge in [0.05, 0.1) is 12.7 Å². The monoisotopic (exact) mass is 273 g/mol. The second-order valence-electron chi connectivity index (χ2n) is 4.18. The summed E-state index contributed by atoms with van der Waals surface area (Å²) in [6.45, 7) is 0.272. The number of nitrogens with one attached hydrogen (secondary N) is 1. The average molecular weight is 273 g/mol. The lowest BCUT2D eigenvalue weighted by atomic mass is 10.1. The smallest absolute Gasteiger partial charge is 0.339 e. The van der Waals surface area contributed by atoms with Gasteiger partial charge in [-0.25, -0.2) is 4.79 Å². The number of rotatable bonds is 4. The molecule has 0 heterocycles. The standard InChI is InChI=1S/C15H15NO4/c1-20-15(19)11-6-2-3-7-12(11)16-9-10-5-4-8-13(17)14(10)18/h2-8,16-18H,9H2,1H3. The Hall–Kier alpha value is -2.69. The number of ether oxygens (including phenoxy) is 1. The molecule has 3 N–H and O–H groups in total. The van der Waals surface area contributed by atoms with Gasteiger partial charge in [0, 0.05) is 17.8 Å². The van der Waals surface area contributed by atoms with Crippen molar-refractivity contribution in [2.45, 2.75) is 6.54 Å². The van der Waals surface area contributed by atoms with E-state index in [4.69, 9.17) is 4.74 Å². The van der Waals surface area contributed by atoms with Gasteiger partial charge in [0.2, 0.25) is 0 Å². The lowest BCUT2D eigenvalue weighted by molar-refractivity contribution is 0.0602. The molecule has 0 unspecified atom stereocenters. The molecule has 0 aromatic heterocycles. The minimum Gasteiger partial charge on any atom is -0.504 e. The Morgan fingerprint density at radius 3 is 2.65 bits per heavy atom. The van der Waals surface area contributed by atoms with Crippen LogP contribution in [0.25, 0.3) is 0 Å². The number of phenolic OH excluding ortho intramolecular Hbond substituents is 2. The number of hydrogen-bond acceptors (Lipinski definition) is 5. The van der Waals surface area contributed by atoms with Crippen LogP contribution in [0.5, 0.6) is 11.5 Å². The molecule has 0 atom stereocenters. The lowest BCUT2D eigenvalue weighted by Crippen LogP contribution is -2.08. The summed E-state index contributed by atoms with van der Waals surface area (Å²) in [4.78, 5) is 11.6. The van der Waals surface area contributed by atoms with Crippen molar-refractivity contribution in [2.24, 2.45) is 0 Å². The Balaban J connectivity index is 2.19. The Morgan fingerprint density at radius 1 is 1.15 bits per heavy atom. The summed E-state index contributed by atoms with van der Waals surface area (Å²) in [5.74, 6) is -0.783. The second kappa shape index (κ2) is 5.97. The van der Waals surface area contributed by atoms with Crippen molar-refractivity contribution < 1.29 is 19.7 Å². The van der Waals surface area contributed by atoms with E-state index in [1.807, 2.05) is 0 Å². The molecule has 20 heavy (non-hydrogen) atoms. The van der Waals surface area contributed by atoms with Gasteiger partial charge in [0.25, 0.3) is 0 Å². The van der Waals surface area contributed by atoms with E-state index < -0.39 is 5.97 Å². The normalized spacial score (nSPS) is 10.1. The Bertz CT molecular complexity index is 625. The van der Waals surface area contributed by atoms with Gasteiger partial charge >= 0.3 is 5.97 Å². The van der Waals surface area contributed by atoms with Gasteiger partial charge in [-0.05, 0) is 18.2 Å². The van der Waals surface area contributed by atoms with E-state index in [2.05, 4.69) is 5.32 Å². The Morgan fingerprint density at radius 2 is 1.90 bits per heavy atom. The van der Waals surface area contributed by atoms with Crippen LogP contribution >= 0.6 is 0 Å². The molecule has 0 aliphatic carbocycles. The fraction of sp³-hybridized carbons (Fsp3) is 0.133. The average Bonchev–Trinajstić information content (AvgIpc) is 2.48. The maximum atomic E-state index is 11.6. The predicted octanol–water partition coefficient (Wildman–Crippen LogP) is 2.50.